The number of carbonyl (C=O) groups is 3. The molecule has 2 aromatic rings. The third-order valence-electron chi connectivity index (χ3n) is 6.62. The number of benzene rings is 2. The minimum absolute atomic E-state index is 0.00509. The Balaban J connectivity index is 1.55. The van der Waals surface area contributed by atoms with Crippen LogP contribution in [-0.4, -0.2) is 69.9 Å². The van der Waals surface area contributed by atoms with Crippen LogP contribution in [0.1, 0.15) is 31.4 Å². The summed E-state index contributed by atoms with van der Waals surface area (Å²) in [5.41, 5.74) is 2.19. The molecule has 0 saturated carbocycles. The molecule has 2 aromatic carbocycles. The minimum atomic E-state index is -0.883. The summed E-state index contributed by atoms with van der Waals surface area (Å²) in [6.45, 7) is 8.73. The third kappa shape index (κ3) is 5.92. The Morgan fingerprint density at radius 3 is 2.17 bits per heavy atom. The molecule has 3 amide bonds. The maximum atomic E-state index is 14.0. The molecule has 8 heteroatoms. The van der Waals surface area contributed by atoms with E-state index >= 15 is 0 Å². The minimum Gasteiger partial charge on any atom is -0.339 e. The Bertz CT molecular complexity index is 1080. The van der Waals surface area contributed by atoms with Crippen molar-refractivity contribution in [3.63, 3.8) is 0 Å². The van der Waals surface area contributed by atoms with Gasteiger partial charge in [0.25, 0.3) is 0 Å². The van der Waals surface area contributed by atoms with E-state index in [0.29, 0.717) is 39.3 Å². The first-order valence-corrected chi connectivity index (χ1v) is 13.6. The second kappa shape index (κ2) is 10.7. The molecule has 0 aliphatic carbocycles. The lowest BCUT2D eigenvalue weighted by Gasteiger charge is -2.39. The number of aryl methyl sites for hydroxylation is 1. The number of piperazine rings is 1. The van der Waals surface area contributed by atoms with Gasteiger partial charge >= 0.3 is 0 Å². The summed E-state index contributed by atoms with van der Waals surface area (Å²) in [7, 11) is 0. The van der Waals surface area contributed by atoms with Gasteiger partial charge in [0.1, 0.15) is 4.75 Å². The molecule has 2 aliphatic heterocycles. The molecular weight excluding hydrogens is 526 g/mol. The Morgan fingerprint density at radius 2 is 1.57 bits per heavy atom. The van der Waals surface area contributed by atoms with Crippen molar-refractivity contribution in [3.05, 3.63) is 64.1 Å². The normalized spacial score (nSPS) is 20.6. The van der Waals surface area contributed by atoms with Crippen LogP contribution in [0, 0.1) is 12.8 Å². The van der Waals surface area contributed by atoms with Crippen LogP contribution in [0.5, 0.6) is 0 Å². The van der Waals surface area contributed by atoms with Gasteiger partial charge in [-0.3, -0.25) is 14.4 Å². The predicted octanol–water partition coefficient (Wildman–Crippen LogP) is 4.35. The summed E-state index contributed by atoms with van der Waals surface area (Å²) in [6, 6.07) is 16.0. The molecule has 1 unspecified atom stereocenters. The van der Waals surface area contributed by atoms with E-state index in [0.717, 1.165) is 20.5 Å². The van der Waals surface area contributed by atoms with Crippen molar-refractivity contribution in [2.75, 3.05) is 32.7 Å². The fourth-order valence-corrected chi connectivity index (χ4v) is 6.25. The van der Waals surface area contributed by atoms with E-state index in [2.05, 4.69) is 15.9 Å². The highest BCUT2D eigenvalue weighted by atomic mass is 79.9. The zero-order valence-corrected chi connectivity index (χ0v) is 22.9. The molecular formula is C27H32BrN3O3S. The van der Waals surface area contributed by atoms with Gasteiger partial charge in [-0.05, 0) is 36.8 Å². The van der Waals surface area contributed by atoms with Gasteiger partial charge in [-0.25, -0.2) is 0 Å². The number of likely N-dealkylation sites (tertiary alicyclic amines) is 1. The monoisotopic (exact) mass is 557 g/mol. The molecule has 0 bridgehead atoms. The molecule has 6 nitrogen and oxygen atoms in total. The maximum Gasteiger partial charge on any atom is 0.241 e. The number of rotatable bonds is 6. The van der Waals surface area contributed by atoms with E-state index in [1.54, 1.807) is 4.90 Å². The van der Waals surface area contributed by atoms with Crippen molar-refractivity contribution in [1.82, 2.24) is 14.7 Å². The summed E-state index contributed by atoms with van der Waals surface area (Å²) in [5.74, 6) is 0.0544. The highest BCUT2D eigenvalue weighted by molar-refractivity contribution is 9.10. The SMILES string of the molecule is Cc1ccc(SC2(C(=O)N3CCN(C(=O)C(C)C)CC3)CC(=O)N(Cc3ccc(Br)cc3)C2)cc1. The van der Waals surface area contributed by atoms with Gasteiger partial charge in [-0.1, -0.05) is 59.6 Å². The van der Waals surface area contributed by atoms with Crippen molar-refractivity contribution in [2.45, 2.75) is 43.4 Å². The van der Waals surface area contributed by atoms with Gasteiger partial charge in [-0.2, -0.15) is 0 Å². The van der Waals surface area contributed by atoms with E-state index in [-0.39, 0.29) is 30.1 Å². The van der Waals surface area contributed by atoms with Gasteiger partial charge in [0.05, 0.1) is 6.42 Å². The summed E-state index contributed by atoms with van der Waals surface area (Å²) in [6.07, 6.45) is 0.173. The summed E-state index contributed by atoms with van der Waals surface area (Å²) < 4.78 is 0.106. The lowest BCUT2D eigenvalue weighted by Crippen LogP contribution is -2.56. The lowest BCUT2D eigenvalue weighted by molar-refractivity contribution is -0.142. The predicted molar refractivity (Wildman–Crippen MR) is 142 cm³/mol. The van der Waals surface area contributed by atoms with Crippen LogP contribution in [-0.2, 0) is 20.9 Å². The van der Waals surface area contributed by atoms with E-state index < -0.39 is 4.75 Å². The number of halogens is 1. The molecule has 2 saturated heterocycles. The van der Waals surface area contributed by atoms with E-state index in [1.165, 1.54) is 11.8 Å². The zero-order valence-electron chi connectivity index (χ0n) is 20.5. The average molecular weight is 559 g/mol. The van der Waals surface area contributed by atoms with Gasteiger partial charge in [0.2, 0.25) is 17.7 Å². The smallest absolute Gasteiger partial charge is 0.241 e. The topological polar surface area (TPSA) is 60.9 Å². The summed E-state index contributed by atoms with van der Waals surface area (Å²) in [4.78, 5) is 46.1. The Kier molecular flexibility index (Phi) is 7.91. The fourth-order valence-electron chi connectivity index (χ4n) is 4.63. The second-order valence-corrected chi connectivity index (χ2v) is 12.1. The zero-order chi connectivity index (χ0) is 25.2. The average Bonchev–Trinajstić information content (AvgIpc) is 3.16. The number of amides is 3. The number of thioether (sulfide) groups is 1. The first-order chi connectivity index (χ1) is 16.7. The van der Waals surface area contributed by atoms with E-state index in [1.807, 2.05) is 79.1 Å². The highest BCUT2D eigenvalue weighted by Crippen LogP contribution is 2.43. The Morgan fingerprint density at radius 1 is 0.971 bits per heavy atom. The molecule has 2 heterocycles. The van der Waals surface area contributed by atoms with Gasteiger partial charge in [0, 0.05) is 54.6 Å². The number of nitrogens with zero attached hydrogens (tertiary/aromatic N) is 3. The highest BCUT2D eigenvalue weighted by Gasteiger charge is 2.51. The first-order valence-electron chi connectivity index (χ1n) is 12.0. The van der Waals surface area contributed by atoms with Crippen molar-refractivity contribution in [2.24, 2.45) is 5.92 Å². The Hall–Kier alpha value is -2.32. The van der Waals surface area contributed by atoms with Crippen molar-refractivity contribution in [3.8, 4) is 0 Å². The van der Waals surface area contributed by atoms with Gasteiger partial charge in [0.15, 0.2) is 0 Å². The molecule has 4 rings (SSSR count). The van der Waals surface area contributed by atoms with E-state index in [4.69, 9.17) is 0 Å². The quantitative estimate of drug-likeness (QED) is 0.529. The molecule has 0 aromatic heterocycles. The molecule has 2 fully saturated rings. The first kappa shape index (κ1) is 25.8. The van der Waals surface area contributed by atoms with Crippen molar-refractivity contribution >= 4 is 45.4 Å². The van der Waals surface area contributed by atoms with Crippen LogP contribution < -0.4 is 0 Å². The van der Waals surface area contributed by atoms with Crippen LogP contribution >= 0.6 is 27.7 Å². The molecule has 186 valence electrons. The number of hydrogen-bond acceptors (Lipinski definition) is 4. The third-order valence-corrected chi connectivity index (χ3v) is 8.49. The largest absolute Gasteiger partial charge is 0.339 e. The molecule has 35 heavy (non-hydrogen) atoms. The van der Waals surface area contributed by atoms with Gasteiger partial charge in [-0.15, -0.1) is 11.8 Å². The molecule has 2 aliphatic rings. The van der Waals surface area contributed by atoms with Crippen LogP contribution in [0.3, 0.4) is 0 Å². The summed E-state index contributed by atoms with van der Waals surface area (Å²) in [5, 5.41) is 0. The molecule has 0 radical (unpaired) electrons. The lowest BCUT2D eigenvalue weighted by atomic mass is 10.0. The fraction of sp³-hybridized carbons (Fsp3) is 0.444. The van der Waals surface area contributed by atoms with Crippen LogP contribution in [0.2, 0.25) is 0 Å². The van der Waals surface area contributed by atoms with Crippen LogP contribution in [0.15, 0.2) is 57.9 Å². The summed E-state index contributed by atoms with van der Waals surface area (Å²) >= 11 is 4.96. The van der Waals surface area contributed by atoms with Crippen LogP contribution in [0.25, 0.3) is 0 Å². The van der Waals surface area contributed by atoms with Crippen molar-refractivity contribution in [1.29, 1.82) is 0 Å². The molecule has 0 N–H and O–H groups in total. The second-order valence-electron chi connectivity index (χ2n) is 9.73. The van der Waals surface area contributed by atoms with Crippen molar-refractivity contribution < 1.29 is 14.4 Å². The maximum absolute atomic E-state index is 14.0. The Labute approximate surface area is 220 Å². The molecule has 0 spiro atoms. The van der Waals surface area contributed by atoms with Crippen LogP contribution in [0.4, 0.5) is 0 Å². The van der Waals surface area contributed by atoms with E-state index in [9.17, 15) is 14.4 Å². The van der Waals surface area contributed by atoms with Gasteiger partial charge < -0.3 is 14.7 Å². The number of hydrogen-bond donors (Lipinski definition) is 0. The standard InChI is InChI=1S/C27H32BrN3O3S/c1-19(2)25(33)29-12-14-30(15-13-29)26(34)27(35-23-10-4-20(3)5-11-23)16-24(32)31(18-27)17-21-6-8-22(28)9-7-21/h4-11,19H,12-18H2,1-3H3. The number of carbonyl (C=O) groups excluding carboxylic acids is 3. The molecule has 1 atom stereocenters.